The van der Waals surface area contributed by atoms with E-state index >= 15 is 0 Å². The summed E-state index contributed by atoms with van der Waals surface area (Å²) in [6.45, 7) is 6.33. The second-order valence-corrected chi connectivity index (χ2v) is 5.69. The lowest BCUT2D eigenvalue weighted by molar-refractivity contribution is -0.128. The molecule has 0 saturated carbocycles. The number of carbonyl (C=O) groups excluding carboxylic acids is 1. The molecular formula is C11H17ClN2OS. The largest absolute Gasteiger partial charge is 0.355 e. The Bertz CT molecular complexity index is 338. The normalized spacial score (nSPS) is 13.5. The maximum atomic E-state index is 11.8. The molecule has 1 N–H and O–H groups in total. The molecule has 1 aromatic heterocycles. The number of carbonyl (C=O) groups is 1. The van der Waals surface area contributed by atoms with Crippen molar-refractivity contribution in [2.24, 2.45) is 5.41 Å². The van der Waals surface area contributed by atoms with E-state index in [2.05, 4.69) is 10.3 Å². The maximum Gasteiger partial charge on any atom is 0.226 e. The van der Waals surface area contributed by atoms with Gasteiger partial charge in [0.1, 0.15) is 0 Å². The Kier molecular flexibility index (Phi) is 4.74. The van der Waals surface area contributed by atoms with E-state index in [4.69, 9.17) is 11.6 Å². The van der Waals surface area contributed by atoms with E-state index in [0.29, 0.717) is 12.4 Å². The number of thiazole rings is 1. The van der Waals surface area contributed by atoms with E-state index in [-0.39, 0.29) is 11.8 Å². The minimum atomic E-state index is -0.510. The van der Waals surface area contributed by atoms with Crippen LogP contribution in [0.4, 0.5) is 0 Å². The van der Waals surface area contributed by atoms with Crippen LogP contribution in [-0.2, 0) is 4.79 Å². The van der Waals surface area contributed by atoms with Gasteiger partial charge in [0.05, 0.1) is 10.4 Å². The van der Waals surface area contributed by atoms with Crippen LogP contribution in [0.5, 0.6) is 0 Å². The molecule has 0 aliphatic rings. The van der Waals surface area contributed by atoms with E-state index < -0.39 is 5.41 Å². The fraction of sp³-hybridized carbons (Fsp3) is 0.636. The highest BCUT2D eigenvalue weighted by Gasteiger charge is 2.26. The fourth-order valence-electron chi connectivity index (χ4n) is 1.11. The molecule has 1 rings (SSSR count). The molecule has 0 saturated heterocycles. The second-order valence-electron chi connectivity index (χ2n) is 4.50. The molecule has 5 heteroatoms. The van der Waals surface area contributed by atoms with Gasteiger partial charge < -0.3 is 5.32 Å². The quantitative estimate of drug-likeness (QED) is 0.827. The lowest BCUT2D eigenvalue weighted by Crippen LogP contribution is -2.39. The van der Waals surface area contributed by atoms with E-state index in [1.165, 1.54) is 0 Å². The minimum absolute atomic E-state index is 0.00842. The first kappa shape index (κ1) is 13.5. The Hall–Kier alpha value is -0.610. The standard InChI is InChI=1S/C11H17ClN2OS/c1-8(9-13-4-5-16-9)6-14-10(15)11(2,3)7-12/h4-5,8H,6-7H2,1-3H3,(H,14,15). The average Bonchev–Trinajstić information content (AvgIpc) is 2.78. The van der Waals surface area contributed by atoms with Crippen molar-refractivity contribution in [1.82, 2.24) is 10.3 Å². The summed E-state index contributed by atoms with van der Waals surface area (Å²) in [5, 5.41) is 5.89. The van der Waals surface area contributed by atoms with Crippen LogP contribution in [0.25, 0.3) is 0 Å². The van der Waals surface area contributed by atoms with Crippen LogP contribution in [0.2, 0.25) is 0 Å². The fourth-order valence-corrected chi connectivity index (χ4v) is 1.93. The molecule has 0 radical (unpaired) electrons. The number of hydrogen-bond acceptors (Lipinski definition) is 3. The number of halogens is 1. The van der Waals surface area contributed by atoms with Crippen LogP contribution in [0, 0.1) is 5.41 Å². The van der Waals surface area contributed by atoms with Crippen molar-refractivity contribution in [2.45, 2.75) is 26.7 Å². The lowest BCUT2D eigenvalue weighted by Gasteiger charge is -2.21. The first-order valence-corrected chi connectivity index (χ1v) is 6.62. The molecule has 1 aromatic rings. The summed E-state index contributed by atoms with van der Waals surface area (Å²) in [5.41, 5.74) is -0.510. The minimum Gasteiger partial charge on any atom is -0.355 e. The smallest absolute Gasteiger partial charge is 0.226 e. The van der Waals surface area contributed by atoms with Gasteiger partial charge in [-0.1, -0.05) is 6.92 Å². The van der Waals surface area contributed by atoms with Crippen LogP contribution < -0.4 is 5.32 Å². The second kappa shape index (κ2) is 5.64. The van der Waals surface area contributed by atoms with E-state index in [1.54, 1.807) is 17.5 Å². The van der Waals surface area contributed by atoms with Gasteiger partial charge in [0, 0.05) is 29.9 Å². The Morgan fingerprint density at radius 3 is 2.88 bits per heavy atom. The van der Waals surface area contributed by atoms with Crippen LogP contribution >= 0.6 is 22.9 Å². The van der Waals surface area contributed by atoms with Gasteiger partial charge in [-0.2, -0.15) is 0 Å². The van der Waals surface area contributed by atoms with Crippen LogP contribution in [0.1, 0.15) is 31.7 Å². The summed E-state index contributed by atoms with van der Waals surface area (Å²) >= 11 is 7.34. The maximum absolute atomic E-state index is 11.8. The summed E-state index contributed by atoms with van der Waals surface area (Å²) < 4.78 is 0. The highest BCUT2D eigenvalue weighted by atomic mass is 35.5. The Balaban J connectivity index is 2.44. The number of nitrogens with one attached hydrogen (secondary N) is 1. The molecule has 0 aliphatic carbocycles. The number of nitrogens with zero attached hydrogens (tertiary/aromatic N) is 1. The highest BCUT2D eigenvalue weighted by molar-refractivity contribution is 7.09. The van der Waals surface area contributed by atoms with E-state index in [9.17, 15) is 4.79 Å². The molecule has 16 heavy (non-hydrogen) atoms. The number of amides is 1. The molecule has 1 amide bonds. The van der Waals surface area contributed by atoms with Crippen molar-refractivity contribution < 1.29 is 4.79 Å². The number of hydrogen-bond donors (Lipinski definition) is 1. The lowest BCUT2D eigenvalue weighted by atomic mass is 9.95. The molecule has 1 atom stereocenters. The van der Waals surface area contributed by atoms with Gasteiger partial charge in [0.15, 0.2) is 0 Å². The first-order valence-electron chi connectivity index (χ1n) is 5.21. The van der Waals surface area contributed by atoms with Gasteiger partial charge in [-0.25, -0.2) is 4.98 Å². The molecule has 0 bridgehead atoms. The van der Waals surface area contributed by atoms with Crippen molar-refractivity contribution in [3.63, 3.8) is 0 Å². The SMILES string of the molecule is CC(CNC(=O)C(C)(C)CCl)c1nccs1. The third-order valence-electron chi connectivity index (χ3n) is 2.39. The predicted molar refractivity (Wildman–Crippen MR) is 68.0 cm³/mol. The third-order valence-corrected chi connectivity index (χ3v) is 4.07. The van der Waals surface area contributed by atoms with E-state index in [0.717, 1.165) is 5.01 Å². The topological polar surface area (TPSA) is 42.0 Å². The first-order chi connectivity index (χ1) is 7.47. The van der Waals surface area contributed by atoms with Gasteiger partial charge in [0.2, 0.25) is 5.91 Å². The van der Waals surface area contributed by atoms with Gasteiger partial charge in [-0.15, -0.1) is 22.9 Å². The van der Waals surface area contributed by atoms with Gasteiger partial charge in [-0.3, -0.25) is 4.79 Å². The van der Waals surface area contributed by atoms with Crippen molar-refractivity contribution in [1.29, 1.82) is 0 Å². The van der Waals surface area contributed by atoms with Gasteiger partial charge in [-0.05, 0) is 13.8 Å². The zero-order valence-corrected chi connectivity index (χ0v) is 11.4. The highest BCUT2D eigenvalue weighted by Crippen LogP contribution is 2.19. The summed E-state index contributed by atoms with van der Waals surface area (Å²) in [6.07, 6.45) is 1.78. The van der Waals surface area contributed by atoms with Crippen LogP contribution in [0.15, 0.2) is 11.6 Å². The van der Waals surface area contributed by atoms with Crippen molar-refractivity contribution in [3.05, 3.63) is 16.6 Å². The number of rotatable bonds is 5. The van der Waals surface area contributed by atoms with Crippen molar-refractivity contribution in [2.75, 3.05) is 12.4 Å². The Morgan fingerprint density at radius 2 is 2.38 bits per heavy atom. The molecule has 90 valence electrons. The summed E-state index contributed by atoms with van der Waals surface area (Å²) in [4.78, 5) is 16.0. The van der Waals surface area contributed by atoms with Crippen LogP contribution in [-0.4, -0.2) is 23.3 Å². The van der Waals surface area contributed by atoms with Gasteiger partial charge in [0.25, 0.3) is 0 Å². The van der Waals surface area contributed by atoms with Crippen molar-refractivity contribution in [3.8, 4) is 0 Å². The molecule has 0 aliphatic heterocycles. The molecule has 1 unspecified atom stereocenters. The Morgan fingerprint density at radius 1 is 1.69 bits per heavy atom. The molecule has 1 heterocycles. The zero-order valence-electron chi connectivity index (χ0n) is 9.79. The van der Waals surface area contributed by atoms with E-state index in [1.807, 2.05) is 26.2 Å². The summed E-state index contributed by atoms with van der Waals surface area (Å²) in [5.74, 6) is 0.561. The number of alkyl halides is 1. The molecule has 0 spiro atoms. The van der Waals surface area contributed by atoms with Crippen LogP contribution in [0.3, 0.4) is 0 Å². The molecule has 0 aromatic carbocycles. The molecular weight excluding hydrogens is 244 g/mol. The number of aromatic nitrogens is 1. The Labute approximate surface area is 105 Å². The van der Waals surface area contributed by atoms with Crippen molar-refractivity contribution >= 4 is 28.8 Å². The summed E-state index contributed by atoms with van der Waals surface area (Å²) in [6, 6.07) is 0. The predicted octanol–water partition coefficient (Wildman–Crippen LogP) is 2.63. The molecule has 0 fully saturated rings. The van der Waals surface area contributed by atoms with Gasteiger partial charge >= 0.3 is 0 Å². The molecule has 3 nitrogen and oxygen atoms in total. The zero-order chi connectivity index (χ0) is 12.2. The monoisotopic (exact) mass is 260 g/mol. The average molecular weight is 261 g/mol. The third kappa shape index (κ3) is 3.46. The summed E-state index contributed by atoms with van der Waals surface area (Å²) in [7, 11) is 0.